The van der Waals surface area contributed by atoms with Crippen LogP contribution in [0, 0.1) is 5.82 Å². The fourth-order valence-corrected chi connectivity index (χ4v) is 1.18. The zero-order valence-corrected chi connectivity index (χ0v) is 8.88. The Morgan fingerprint density at radius 3 is 2.69 bits per heavy atom. The fourth-order valence-electron chi connectivity index (χ4n) is 0.951. The summed E-state index contributed by atoms with van der Waals surface area (Å²) in [6.45, 7) is 3.27. The SMILES string of the molecule is CCNCc1c(F)cccc1Cl.Cl. The van der Waals surface area contributed by atoms with Crippen molar-refractivity contribution in [1.29, 1.82) is 0 Å². The van der Waals surface area contributed by atoms with Gasteiger partial charge in [-0.05, 0) is 18.7 Å². The van der Waals surface area contributed by atoms with Gasteiger partial charge < -0.3 is 5.32 Å². The number of hydrogen-bond donors (Lipinski definition) is 1. The molecule has 1 aromatic carbocycles. The van der Waals surface area contributed by atoms with Crippen LogP contribution in [0.25, 0.3) is 0 Å². The lowest BCUT2D eigenvalue weighted by Crippen LogP contribution is -2.13. The molecule has 4 heteroatoms. The maximum atomic E-state index is 13.0. The van der Waals surface area contributed by atoms with Gasteiger partial charge in [0, 0.05) is 17.1 Å². The smallest absolute Gasteiger partial charge is 0.129 e. The van der Waals surface area contributed by atoms with Crippen molar-refractivity contribution in [2.24, 2.45) is 0 Å². The van der Waals surface area contributed by atoms with Gasteiger partial charge >= 0.3 is 0 Å². The van der Waals surface area contributed by atoms with E-state index in [0.29, 0.717) is 17.1 Å². The van der Waals surface area contributed by atoms with Gasteiger partial charge in [0.25, 0.3) is 0 Å². The Hall–Kier alpha value is -0.310. The molecule has 1 rings (SSSR count). The first-order valence-corrected chi connectivity index (χ1v) is 4.27. The monoisotopic (exact) mass is 223 g/mol. The molecule has 0 aromatic heterocycles. The number of nitrogens with one attached hydrogen (secondary N) is 1. The molecule has 1 aromatic rings. The van der Waals surface area contributed by atoms with Crippen LogP contribution in [0.3, 0.4) is 0 Å². The Bertz CT molecular complexity index is 246. The van der Waals surface area contributed by atoms with E-state index in [-0.39, 0.29) is 18.2 Å². The molecule has 1 nitrogen and oxygen atoms in total. The number of benzene rings is 1. The Kier molecular flexibility index (Phi) is 6.04. The quantitative estimate of drug-likeness (QED) is 0.832. The van der Waals surface area contributed by atoms with Crippen LogP contribution < -0.4 is 5.32 Å². The maximum absolute atomic E-state index is 13.0. The Morgan fingerprint density at radius 1 is 1.46 bits per heavy atom. The summed E-state index contributed by atoms with van der Waals surface area (Å²) in [4.78, 5) is 0. The lowest BCUT2D eigenvalue weighted by Gasteiger charge is -2.05. The third-order valence-electron chi connectivity index (χ3n) is 1.61. The lowest BCUT2D eigenvalue weighted by molar-refractivity contribution is 0.593. The molecule has 0 aliphatic rings. The minimum atomic E-state index is -0.247. The normalized spacial score (nSPS) is 9.46. The molecule has 0 heterocycles. The second kappa shape index (κ2) is 6.19. The van der Waals surface area contributed by atoms with Crippen molar-refractivity contribution in [3.05, 3.63) is 34.6 Å². The summed E-state index contributed by atoms with van der Waals surface area (Å²) >= 11 is 5.79. The first kappa shape index (κ1) is 12.7. The van der Waals surface area contributed by atoms with E-state index in [4.69, 9.17) is 11.6 Å². The molecule has 0 bridgehead atoms. The van der Waals surface area contributed by atoms with Gasteiger partial charge in [0.1, 0.15) is 5.82 Å². The molecule has 0 saturated carbocycles. The Morgan fingerprint density at radius 2 is 2.15 bits per heavy atom. The van der Waals surface area contributed by atoms with Gasteiger partial charge in [-0.3, -0.25) is 0 Å². The zero-order valence-electron chi connectivity index (χ0n) is 7.31. The summed E-state index contributed by atoms with van der Waals surface area (Å²) in [5.74, 6) is -0.247. The molecule has 1 N–H and O–H groups in total. The molecule has 0 unspecified atom stereocenters. The van der Waals surface area contributed by atoms with Gasteiger partial charge in [-0.2, -0.15) is 0 Å². The summed E-state index contributed by atoms with van der Waals surface area (Å²) in [5, 5.41) is 3.50. The molecular weight excluding hydrogens is 212 g/mol. The maximum Gasteiger partial charge on any atom is 0.129 e. The van der Waals surface area contributed by atoms with Crippen molar-refractivity contribution in [2.45, 2.75) is 13.5 Å². The van der Waals surface area contributed by atoms with Gasteiger partial charge in [0.05, 0.1) is 0 Å². The predicted molar refractivity (Wildman–Crippen MR) is 56.0 cm³/mol. The highest BCUT2D eigenvalue weighted by atomic mass is 35.5. The molecule has 0 radical (unpaired) electrons. The highest BCUT2D eigenvalue weighted by Crippen LogP contribution is 2.18. The Labute approximate surface area is 88.7 Å². The minimum absolute atomic E-state index is 0. The summed E-state index contributed by atoms with van der Waals surface area (Å²) in [6, 6.07) is 4.71. The van der Waals surface area contributed by atoms with E-state index < -0.39 is 0 Å². The van der Waals surface area contributed by atoms with Crippen molar-refractivity contribution >= 4 is 24.0 Å². The first-order valence-electron chi connectivity index (χ1n) is 3.89. The van der Waals surface area contributed by atoms with Crippen LogP contribution in [-0.4, -0.2) is 6.54 Å². The van der Waals surface area contributed by atoms with Gasteiger partial charge in [0.15, 0.2) is 0 Å². The van der Waals surface area contributed by atoms with Crippen LogP contribution in [0.15, 0.2) is 18.2 Å². The zero-order chi connectivity index (χ0) is 8.97. The third-order valence-corrected chi connectivity index (χ3v) is 1.97. The summed E-state index contributed by atoms with van der Waals surface area (Å²) in [5.41, 5.74) is 0.543. The van der Waals surface area contributed by atoms with E-state index in [1.807, 2.05) is 6.92 Å². The van der Waals surface area contributed by atoms with Crippen molar-refractivity contribution in [3.63, 3.8) is 0 Å². The topological polar surface area (TPSA) is 12.0 Å². The van der Waals surface area contributed by atoms with Crippen molar-refractivity contribution in [2.75, 3.05) is 6.54 Å². The largest absolute Gasteiger partial charge is 0.313 e. The predicted octanol–water partition coefficient (Wildman–Crippen LogP) is 3.01. The fraction of sp³-hybridized carbons (Fsp3) is 0.333. The van der Waals surface area contributed by atoms with E-state index in [9.17, 15) is 4.39 Å². The van der Waals surface area contributed by atoms with Gasteiger partial charge in [-0.1, -0.05) is 24.6 Å². The second-order valence-electron chi connectivity index (χ2n) is 2.48. The second-order valence-corrected chi connectivity index (χ2v) is 2.89. The van der Waals surface area contributed by atoms with Crippen LogP contribution in [0.4, 0.5) is 4.39 Å². The summed E-state index contributed by atoms with van der Waals surface area (Å²) < 4.78 is 13.0. The molecule has 13 heavy (non-hydrogen) atoms. The van der Waals surface area contributed by atoms with E-state index in [0.717, 1.165) is 6.54 Å². The number of hydrogen-bond acceptors (Lipinski definition) is 1. The molecular formula is C9H12Cl2FN. The molecule has 0 amide bonds. The van der Waals surface area contributed by atoms with Crippen molar-refractivity contribution in [1.82, 2.24) is 5.32 Å². The van der Waals surface area contributed by atoms with Crippen molar-refractivity contribution < 1.29 is 4.39 Å². The molecule has 0 fully saturated rings. The van der Waals surface area contributed by atoms with Gasteiger partial charge in [-0.15, -0.1) is 12.4 Å². The van der Waals surface area contributed by atoms with Crippen LogP contribution >= 0.6 is 24.0 Å². The molecule has 0 spiro atoms. The van der Waals surface area contributed by atoms with Crippen LogP contribution in [0.2, 0.25) is 5.02 Å². The van der Waals surface area contributed by atoms with E-state index in [2.05, 4.69) is 5.32 Å². The van der Waals surface area contributed by atoms with Crippen LogP contribution in [-0.2, 0) is 6.54 Å². The summed E-state index contributed by atoms with van der Waals surface area (Å²) in [6.07, 6.45) is 0. The highest BCUT2D eigenvalue weighted by Gasteiger charge is 2.04. The highest BCUT2D eigenvalue weighted by molar-refractivity contribution is 6.31. The first-order chi connectivity index (χ1) is 5.75. The summed E-state index contributed by atoms with van der Waals surface area (Å²) in [7, 11) is 0. The van der Waals surface area contributed by atoms with E-state index in [1.165, 1.54) is 6.07 Å². The Balaban J connectivity index is 0.00000144. The minimum Gasteiger partial charge on any atom is -0.313 e. The van der Waals surface area contributed by atoms with E-state index >= 15 is 0 Å². The molecule has 0 aliphatic heterocycles. The number of rotatable bonds is 3. The number of halogens is 3. The lowest BCUT2D eigenvalue weighted by atomic mass is 10.2. The average molecular weight is 224 g/mol. The molecule has 0 atom stereocenters. The molecule has 0 aliphatic carbocycles. The third kappa shape index (κ3) is 3.51. The molecule has 74 valence electrons. The van der Waals surface area contributed by atoms with Crippen LogP contribution in [0.1, 0.15) is 12.5 Å². The molecule has 0 saturated heterocycles. The van der Waals surface area contributed by atoms with E-state index in [1.54, 1.807) is 12.1 Å². The van der Waals surface area contributed by atoms with Crippen LogP contribution in [0.5, 0.6) is 0 Å². The van der Waals surface area contributed by atoms with Gasteiger partial charge in [-0.25, -0.2) is 4.39 Å². The average Bonchev–Trinajstić information content (AvgIpc) is 2.04. The van der Waals surface area contributed by atoms with Gasteiger partial charge in [0.2, 0.25) is 0 Å². The van der Waals surface area contributed by atoms with Crippen molar-refractivity contribution in [3.8, 4) is 0 Å². The standard InChI is InChI=1S/C9H11ClFN.ClH/c1-2-12-6-7-8(10)4-3-5-9(7)11;/h3-5,12H,2,6H2,1H3;1H.